The van der Waals surface area contributed by atoms with Gasteiger partial charge in [0.05, 0.1) is 10.9 Å². The molecule has 7 heteroatoms. The summed E-state index contributed by atoms with van der Waals surface area (Å²) in [5, 5.41) is 19.9. The molecular formula is C24H23FN4O2. The van der Waals surface area contributed by atoms with Crippen molar-refractivity contribution in [1.29, 1.82) is 0 Å². The van der Waals surface area contributed by atoms with Gasteiger partial charge in [0.25, 0.3) is 5.56 Å². The number of pyridine rings is 1. The highest BCUT2D eigenvalue weighted by Crippen LogP contribution is 2.45. The van der Waals surface area contributed by atoms with E-state index in [2.05, 4.69) is 10.4 Å². The number of phenols is 1. The number of nitrogens with one attached hydrogen (secondary N) is 1. The van der Waals surface area contributed by atoms with Crippen LogP contribution in [-0.4, -0.2) is 31.5 Å². The van der Waals surface area contributed by atoms with Crippen LogP contribution in [0.15, 0.2) is 47.5 Å². The fourth-order valence-corrected chi connectivity index (χ4v) is 5.10. The van der Waals surface area contributed by atoms with E-state index < -0.39 is 5.82 Å². The van der Waals surface area contributed by atoms with Crippen LogP contribution in [0.2, 0.25) is 0 Å². The van der Waals surface area contributed by atoms with Crippen molar-refractivity contribution < 1.29 is 9.50 Å². The first-order valence-electron chi connectivity index (χ1n) is 10.7. The van der Waals surface area contributed by atoms with Crippen LogP contribution in [0.1, 0.15) is 31.7 Å². The number of benzene rings is 2. The molecule has 1 unspecified atom stereocenters. The van der Waals surface area contributed by atoms with Crippen LogP contribution in [0.4, 0.5) is 4.39 Å². The molecule has 2 aliphatic rings. The highest BCUT2D eigenvalue weighted by molar-refractivity contribution is 5.92. The highest BCUT2D eigenvalue weighted by Gasteiger charge is 2.46. The van der Waals surface area contributed by atoms with Gasteiger partial charge in [0.1, 0.15) is 11.6 Å². The first-order chi connectivity index (χ1) is 14.9. The van der Waals surface area contributed by atoms with Gasteiger partial charge in [-0.1, -0.05) is 0 Å². The van der Waals surface area contributed by atoms with Crippen molar-refractivity contribution >= 4 is 21.7 Å². The van der Waals surface area contributed by atoms with Crippen LogP contribution in [0.5, 0.6) is 5.75 Å². The van der Waals surface area contributed by atoms with E-state index in [-0.39, 0.29) is 28.3 Å². The molecule has 1 saturated carbocycles. The molecule has 1 saturated heterocycles. The van der Waals surface area contributed by atoms with Crippen LogP contribution >= 0.6 is 0 Å². The van der Waals surface area contributed by atoms with E-state index >= 15 is 4.39 Å². The van der Waals surface area contributed by atoms with E-state index in [1.165, 1.54) is 6.07 Å². The number of nitrogens with zero attached hydrogens (tertiary/aromatic N) is 3. The Balaban J connectivity index is 1.46. The van der Waals surface area contributed by atoms with Crippen molar-refractivity contribution in [1.82, 2.24) is 19.7 Å². The lowest BCUT2D eigenvalue weighted by molar-refractivity contribution is 0.282. The normalized spacial score (nSPS) is 20.0. The molecule has 6 nitrogen and oxygen atoms in total. The minimum Gasteiger partial charge on any atom is -0.507 e. The molecule has 158 valence electrons. The Morgan fingerprint density at radius 2 is 2.06 bits per heavy atom. The van der Waals surface area contributed by atoms with Crippen LogP contribution in [0.25, 0.3) is 32.8 Å². The molecular weight excluding hydrogens is 395 g/mol. The predicted molar refractivity (Wildman–Crippen MR) is 118 cm³/mol. The average Bonchev–Trinajstić information content (AvgIpc) is 3.36. The molecule has 2 fully saturated rings. The Labute approximate surface area is 177 Å². The van der Waals surface area contributed by atoms with Gasteiger partial charge in [0.15, 0.2) is 0 Å². The standard InChI is InChI=1S/C24H23FN4O2/c1-28-13-16-9-18(21(30)11-20(16)27-28)15-8-14-3-7-29(23(31)22(14)19(25)10-15)17-2-6-26-24(12-17)4-5-24/h3,7-11,13,17,26,30H,2,4-6,12H2,1H3. The zero-order valence-electron chi connectivity index (χ0n) is 17.2. The zero-order valence-corrected chi connectivity index (χ0v) is 17.2. The molecule has 2 aromatic carbocycles. The van der Waals surface area contributed by atoms with Crippen molar-refractivity contribution in [2.24, 2.45) is 7.05 Å². The monoisotopic (exact) mass is 418 g/mol. The van der Waals surface area contributed by atoms with Gasteiger partial charge in [-0.25, -0.2) is 4.39 Å². The van der Waals surface area contributed by atoms with E-state index in [1.807, 2.05) is 19.3 Å². The Morgan fingerprint density at radius 1 is 1.23 bits per heavy atom. The number of hydrogen-bond acceptors (Lipinski definition) is 4. The third-order valence-electron chi connectivity index (χ3n) is 6.88. The molecule has 0 bridgehead atoms. The second kappa shape index (κ2) is 6.40. The van der Waals surface area contributed by atoms with E-state index in [4.69, 9.17) is 0 Å². The topological polar surface area (TPSA) is 72.1 Å². The number of rotatable bonds is 2. The highest BCUT2D eigenvalue weighted by atomic mass is 19.1. The smallest absolute Gasteiger partial charge is 0.261 e. The summed E-state index contributed by atoms with van der Waals surface area (Å²) in [6, 6.07) is 8.39. The van der Waals surface area contributed by atoms with Crippen molar-refractivity contribution in [3.8, 4) is 16.9 Å². The number of halogens is 1. The lowest BCUT2D eigenvalue weighted by Gasteiger charge is -2.31. The van der Waals surface area contributed by atoms with Crippen molar-refractivity contribution in [3.05, 3.63) is 58.9 Å². The molecule has 1 spiro atoms. The van der Waals surface area contributed by atoms with E-state index in [0.717, 1.165) is 37.6 Å². The lowest BCUT2D eigenvalue weighted by atomic mass is 9.96. The average molecular weight is 418 g/mol. The fourth-order valence-electron chi connectivity index (χ4n) is 5.10. The van der Waals surface area contributed by atoms with Crippen molar-refractivity contribution in [3.63, 3.8) is 0 Å². The molecule has 0 radical (unpaired) electrons. The molecule has 31 heavy (non-hydrogen) atoms. The summed E-state index contributed by atoms with van der Waals surface area (Å²) in [7, 11) is 1.81. The maximum absolute atomic E-state index is 15.2. The number of hydrogen-bond donors (Lipinski definition) is 2. The first kappa shape index (κ1) is 18.6. The SMILES string of the molecule is Cn1cc2cc(-c3cc(F)c4c(=O)n(C5CCNC6(CC6)C5)ccc4c3)c(O)cc2n1. The second-order valence-electron chi connectivity index (χ2n) is 9.04. The number of fused-ring (bicyclic) bond motifs is 2. The van der Waals surface area contributed by atoms with E-state index in [0.29, 0.717) is 22.0 Å². The molecule has 0 amide bonds. The molecule has 2 N–H and O–H groups in total. The van der Waals surface area contributed by atoms with Gasteiger partial charge in [-0.15, -0.1) is 0 Å². The molecule has 6 rings (SSSR count). The minimum atomic E-state index is -0.562. The Hall–Kier alpha value is -3.19. The largest absolute Gasteiger partial charge is 0.507 e. The Morgan fingerprint density at radius 3 is 2.87 bits per heavy atom. The van der Waals surface area contributed by atoms with Crippen LogP contribution < -0.4 is 10.9 Å². The van der Waals surface area contributed by atoms with Crippen LogP contribution in [0, 0.1) is 5.82 Å². The molecule has 3 heterocycles. The summed E-state index contributed by atoms with van der Waals surface area (Å²) in [4.78, 5) is 13.2. The third-order valence-corrected chi connectivity index (χ3v) is 6.88. The van der Waals surface area contributed by atoms with Crippen molar-refractivity contribution in [2.75, 3.05) is 6.54 Å². The molecule has 1 aliphatic carbocycles. The summed E-state index contributed by atoms with van der Waals surface area (Å²) in [6.45, 7) is 0.882. The van der Waals surface area contributed by atoms with E-state index in [9.17, 15) is 9.90 Å². The summed E-state index contributed by atoms with van der Waals surface area (Å²) < 4.78 is 18.6. The van der Waals surface area contributed by atoms with Crippen LogP contribution in [-0.2, 0) is 7.05 Å². The van der Waals surface area contributed by atoms with Gasteiger partial charge in [0, 0.05) is 48.0 Å². The second-order valence-corrected chi connectivity index (χ2v) is 9.04. The number of phenolic OH excluding ortho intramolecular Hbond substituents is 1. The Kier molecular flexibility index (Phi) is 3.84. The number of piperidine rings is 1. The van der Waals surface area contributed by atoms with Gasteiger partial charge >= 0.3 is 0 Å². The van der Waals surface area contributed by atoms with Crippen LogP contribution in [0.3, 0.4) is 0 Å². The minimum absolute atomic E-state index is 0.0303. The molecule has 1 aliphatic heterocycles. The first-order valence-corrected chi connectivity index (χ1v) is 10.7. The van der Waals surface area contributed by atoms with Gasteiger partial charge in [0.2, 0.25) is 0 Å². The quantitative estimate of drug-likeness (QED) is 0.519. The Bertz CT molecular complexity index is 1420. The lowest BCUT2D eigenvalue weighted by Crippen LogP contribution is -2.42. The molecule has 4 aromatic rings. The number of aryl methyl sites for hydroxylation is 1. The van der Waals surface area contributed by atoms with Gasteiger partial charge < -0.3 is 15.0 Å². The zero-order chi connectivity index (χ0) is 21.3. The number of aromatic nitrogens is 3. The summed E-state index contributed by atoms with van der Waals surface area (Å²) >= 11 is 0. The summed E-state index contributed by atoms with van der Waals surface area (Å²) in [5.74, 6) is -0.532. The predicted octanol–water partition coefficient (Wildman–Crippen LogP) is 3.86. The molecule has 1 atom stereocenters. The maximum Gasteiger partial charge on any atom is 0.261 e. The maximum atomic E-state index is 15.2. The van der Waals surface area contributed by atoms with Gasteiger partial charge in [-0.3, -0.25) is 9.48 Å². The summed E-state index contributed by atoms with van der Waals surface area (Å²) in [5.41, 5.74) is 1.62. The third kappa shape index (κ3) is 2.95. The van der Waals surface area contributed by atoms with Crippen molar-refractivity contribution in [2.45, 2.75) is 37.3 Å². The fraction of sp³-hybridized carbons (Fsp3) is 0.333. The number of aromatic hydroxyl groups is 1. The molecule has 2 aromatic heterocycles. The van der Waals surface area contributed by atoms with Gasteiger partial charge in [-0.05, 0) is 67.4 Å². The van der Waals surface area contributed by atoms with Gasteiger partial charge in [-0.2, -0.15) is 5.10 Å². The summed E-state index contributed by atoms with van der Waals surface area (Å²) in [6.07, 6.45) is 7.72. The van der Waals surface area contributed by atoms with E-state index in [1.54, 1.807) is 33.6 Å².